The zero-order valence-electron chi connectivity index (χ0n) is 6.63. The molecule has 72 valence electrons. The fourth-order valence-corrected chi connectivity index (χ4v) is 3.65. The van der Waals surface area contributed by atoms with E-state index < -0.39 is 28.0 Å². The van der Waals surface area contributed by atoms with Gasteiger partial charge >= 0.3 is 6.03 Å². The maximum atomic E-state index is 11.1. The molecule has 2 unspecified atom stereocenters. The topological polar surface area (TPSA) is 83.6 Å². The number of imide groups is 1. The number of fused-ring (bicyclic) bond motifs is 1. The molecule has 2 heterocycles. The smallest absolute Gasteiger partial charge is 0.324 e. The minimum Gasteiger partial charge on any atom is -0.332 e. The van der Waals surface area contributed by atoms with Crippen molar-refractivity contribution in [1.29, 1.82) is 0 Å². The van der Waals surface area contributed by atoms with Gasteiger partial charge in [-0.1, -0.05) is 0 Å². The van der Waals surface area contributed by atoms with Crippen molar-refractivity contribution in [1.82, 2.24) is 10.2 Å². The van der Waals surface area contributed by atoms with Gasteiger partial charge in [0.15, 0.2) is 9.84 Å². The van der Waals surface area contributed by atoms with Gasteiger partial charge in [0.1, 0.15) is 0 Å². The zero-order valence-corrected chi connectivity index (χ0v) is 7.45. The summed E-state index contributed by atoms with van der Waals surface area (Å²) in [6, 6.07) is -1.42. The second-order valence-corrected chi connectivity index (χ2v) is 5.37. The molecule has 0 aromatic heterocycles. The summed E-state index contributed by atoms with van der Waals surface area (Å²) in [7, 11) is -3.09. The maximum absolute atomic E-state index is 11.1. The Morgan fingerprint density at radius 1 is 1.46 bits per heavy atom. The summed E-state index contributed by atoms with van der Waals surface area (Å²) in [5.74, 6) is -0.178. The lowest BCUT2D eigenvalue weighted by Crippen LogP contribution is -2.35. The van der Waals surface area contributed by atoms with E-state index in [1.165, 1.54) is 0 Å². The number of urea groups is 1. The van der Waals surface area contributed by atoms with E-state index in [1.54, 1.807) is 0 Å². The summed E-state index contributed by atoms with van der Waals surface area (Å²) in [5, 5.41) is 2.45. The van der Waals surface area contributed by atoms with Crippen molar-refractivity contribution in [2.75, 3.05) is 11.5 Å². The van der Waals surface area contributed by atoms with E-state index in [2.05, 4.69) is 5.32 Å². The van der Waals surface area contributed by atoms with Crippen molar-refractivity contribution in [3.05, 3.63) is 0 Å². The molecule has 2 aliphatic rings. The third kappa shape index (κ3) is 1.19. The Bertz CT molecular complexity index is 363. The summed E-state index contributed by atoms with van der Waals surface area (Å²) >= 11 is 0. The van der Waals surface area contributed by atoms with E-state index in [1.807, 2.05) is 0 Å². The van der Waals surface area contributed by atoms with Crippen LogP contribution in [-0.2, 0) is 14.6 Å². The highest BCUT2D eigenvalue weighted by molar-refractivity contribution is 7.91. The number of hydrogen-bond acceptors (Lipinski definition) is 4. The molecule has 2 fully saturated rings. The Balaban J connectivity index is 2.29. The largest absolute Gasteiger partial charge is 0.332 e. The van der Waals surface area contributed by atoms with Crippen LogP contribution >= 0.6 is 0 Å². The highest BCUT2D eigenvalue weighted by Gasteiger charge is 2.48. The van der Waals surface area contributed by atoms with Gasteiger partial charge in [-0.15, -0.1) is 0 Å². The highest BCUT2D eigenvalue weighted by Crippen LogP contribution is 2.22. The lowest BCUT2D eigenvalue weighted by atomic mass is 10.2. The molecule has 0 aromatic rings. The molecule has 0 bridgehead atoms. The molecule has 2 aliphatic heterocycles. The quantitative estimate of drug-likeness (QED) is 0.409. The first-order valence-electron chi connectivity index (χ1n) is 3.78. The van der Waals surface area contributed by atoms with Crippen LogP contribution in [0.5, 0.6) is 0 Å². The fraction of sp³-hybridized carbons (Fsp3) is 0.667. The van der Waals surface area contributed by atoms with Crippen LogP contribution < -0.4 is 5.32 Å². The SMILES string of the molecule is O=CN1C(=O)NC2CS(=O)(=O)CC21. The summed E-state index contributed by atoms with van der Waals surface area (Å²) in [6.07, 6.45) is 0.376. The Hall–Kier alpha value is -1.11. The van der Waals surface area contributed by atoms with Gasteiger partial charge in [-0.3, -0.25) is 9.69 Å². The molecule has 6 nitrogen and oxygen atoms in total. The fourth-order valence-electron chi connectivity index (χ4n) is 1.75. The monoisotopic (exact) mass is 204 g/mol. The molecular formula is C6H8N2O4S. The van der Waals surface area contributed by atoms with Crippen molar-refractivity contribution < 1.29 is 18.0 Å². The standard InChI is InChI=1S/C6H8N2O4S/c9-3-8-5-2-13(11,12)1-4(5)7-6(8)10/h3-5H,1-2H2,(H,7,10). The Morgan fingerprint density at radius 3 is 2.77 bits per heavy atom. The van der Waals surface area contributed by atoms with Crippen molar-refractivity contribution in [2.24, 2.45) is 0 Å². The molecule has 0 aromatic carbocycles. The first-order chi connectivity index (χ1) is 6.03. The molecule has 0 radical (unpaired) electrons. The van der Waals surface area contributed by atoms with Gasteiger partial charge in [0, 0.05) is 0 Å². The average Bonchev–Trinajstić information content (AvgIpc) is 2.39. The van der Waals surface area contributed by atoms with Crippen LogP contribution in [0.3, 0.4) is 0 Å². The van der Waals surface area contributed by atoms with Crippen molar-refractivity contribution >= 4 is 22.3 Å². The van der Waals surface area contributed by atoms with Crippen LogP contribution in [0.4, 0.5) is 4.79 Å². The van der Waals surface area contributed by atoms with E-state index in [9.17, 15) is 18.0 Å². The summed E-state index contributed by atoms with van der Waals surface area (Å²) in [4.78, 5) is 22.4. The molecule has 3 amide bonds. The van der Waals surface area contributed by atoms with Crippen molar-refractivity contribution in [3.63, 3.8) is 0 Å². The van der Waals surface area contributed by atoms with Crippen LogP contribution in [0.2, 0.25) is 0 Å². The summed E-state index contributed by atoms with van der Waals surface area (Å²) < 4.78 is 22.2. The molecule has 2 atom stereocenters. The maximum Gasteiger partial charge on any atom is 0.324 e. The molecule has 7 heteroatoms. The number of nitrogens with one attached hydrogen (secondary N) is 1. The first kappa shape index (κ1) is 8.49. The van der Waals surface area contributed by atoms with E-state index >= 15 is 0 Å². The summed E-state index contributed by atoms with van der Waals surface area (Å²) in [6.45, 7) is 0. The number of amides is 3. The third-order valence-corrected chi connectivity index (χ3v) is 4.05. The molecule has 0 saturated carbocycles. The second-order valence-electron chi connectivity index (χ2n) is 3.21. The Kier molecular flexibility index (Phi) is 1.59. The van der Waals surface area contributed by atoms with Gasteiger partial charge in [-0.05, 0) is 0 Å². The predicted octanol–water partition coefficient (Wildman–Crippen LogP) is -1.67. The van der Waals surface area contributed by atoms with Crippen molar-refractivity contribution in [3.8, 4) is 0 Å². The van der Waals surface area contributed by atoms with Gasteiger partial charge in [0.2, 0.25) is 6.41 Å². The molecule has 13 heavy (non-hydrogen) atoms. The van der Waals surface area contributed by atoms with Gasteiger partial charge in [0.05, 0.1) is 23.6 Å². The number of carbonyl (C=O) groups excluding carboxylic acids is 2. The lowest BCUT2D eigenvalue weighted by Gasteiger charge is -2.11. The normalized spacial score (nSPS) is 35.7. The van der Waals surface area contributed by atoms with Gasteiger partial charge in [-0.25, -0.2) is 13.2 Å². The number of sulfone groups is 1. The molecular weight excluding hydrogens is 196 g/mol. The van der Waals surface area contributed by atoms with E-state index in [0.717, 1.165) is 4.90 Å². The van der Waals surface area contributed by atoms with Crippen LogP contribution in [-0.4, -0.2) is 49.3 Å². The predicted molar refractivity (Wildman–Crippen MR) is 42.7 cm³/mol. The average molecular weight is 204 g/mol. The zero-order chi connectivity index (χ0) is 9.64. The van der Waals surface area contributed by atoms with Gasteiger partial charge in [-0.2, -0.15) is 0 Å². The van der Waals surface area contributed by atoms with Crippen LogP contribution in [0, 0.1) is 0 Å². The number of carbonyl (C=O) groups is 2. The molecule has 0 spiro atoms. The second kappa shape index (κ2) is 2.44. The third-order valence-electron chi connectivity index (χ3n) is 2.34. The van der Waals surface area contributed by atoms with Crippen LogP contribution in [0.25, 0.3) is 0 Å². The van der Waals surface area contributed by atoms with Crippen molar-refractivity contribution in [2.45, 2.75) is 12.1 Å². The van der Waals surface area contributed by atoms with E-state index in [-0.39, 0.29) is 11.5 Å². The summed E-state index contributed by atoms with van der Waals surface area (Å²) in [5.41, 5.74) is 0. The van der Waals surface area contributed by atoms with E-state index in [4.69, 9.17) is 0 Å². The minimum atomic E-state index is -3.09. The van der Waals surface area contributed by atoms with E-state index in [0.29, 0.717) is 6.41 Å². The number of nitrogens with zero attached hydrogens (tertiary/aromatic N) is 1. The van der Waals surface area contributed by atoms with Gasteiger partial charge < -0.3 is 5.32 Å². The molecule has 2 rings (SSSR count). The molecule has 0 aliphatic carbocycles. The first-order valence-corrected chi connectivity index (χ1v) is 5.60. The Morgan fingerprint density at radius 2 is 2.15 bits per heavy atom. The Labute approximate surface area is 74.8 Å². The highest BCUT2D eigenvalue weighted by atomic mass is 32.2. The number of hydrogen-bond donors (Lipinski definition) is 1. The van der Waals surface area contributed by atoms with Crippen LogP contribution in [0.15, 0.2) is 0 Å². The van der Waals surface area contributed by atoms with Gasteiger partial charge in [0.25, 0.3) is 0 Å². The van der Waals surface area contributed by atoms with Crippen LogP contribution in [0.1, 0.15) is 0 Å². The number of rotatable bonds is 1. The molecule has 2 saturated heterocycles. The molecule has 1 N–H and O–H groups in total. The minimum absolute atomic E-state index is 0.0618. The lowest BCUT2D eigenvalue weighted by molar-refractivity contribution is -0.116.